The fourth-order valence-electron chi connectivity index (χ4n) is 2.21. The molecule has 0 aromatic heterocycles. The molecule has 0 aliphatic heterocycles. The first-order valence-electron chi connectivity index (χ1n) is 8.69. The van der Waals surface area contributed by atoms with E-state index in [-0.39, 0.29) is 23.6 Å². The second kappa shape index (κ2) is 9.75. The topological polar surface area (TPSA) is 106 Å². The molecule has 9 nitrogen and oxygen atoms in total. The van der Waals surface area contributed by atoms with Gasteiger partial charge in [-0.15, -0.1) is 0 Å². The van der Waals surface area contributed by atoms with Crippen molar-refractivity contribution in [3.63, 3.8) is 0 Å². The molecular weight excluding hydrogens is 354 g/mol. The highest BCUT2D eigenvalue weighted by Gasteiger charge is 2.27. The van der Waals surface area contributed by atoms with Gasteiger partial charge in [0.15, 0.2) is 13.7 Å². The number of rotatable bonds is 9. The summed E-state index contributed by atoms with van der Waals surface area (Å²) in [5.74, 6) is -0.859. The van der Waals surface area contributed by atoms with Crippen LogP contribution < -0.4 is 15.4 Å². The van der Waals surface area contributed by atoms with Crippen molar-refractivity contribution in [2.24, 2.45) is 0 Å². The van der Waals surface area contributed by atoms with Crippen LogP contribution in [0.5, 0.6) is 5.75 Å². The van der Waals surface area contributed by atoms with Crippen LogP contribution in [0.4, 0.5) is 11.4 Å². The van der Waals surface area contributed by atoms with Crippen LogP contribution in [0.2, 0.25) is 0 Å². The van der Waals surface area contributed by atoms with Crippen molar-refractivity contribution in [1.82, 2.24) is 5.32 Å². The van der Waals surface area contributed by atoms with Crippen LogP contribution in [-0.4, -0.2) is 49.2 Å². The summed E-state index contributed by atoms with van der Waals surface area (Å²) >= 11 is 0. The van der Waals surface area contributed by atoms with Gasteiger partial charge in [-0.25, -0.2) is 9.63 Å². The molecule has 0 radical (unpaired) electrons. The van der Waals surface area contributed by atoms with E-state index >= 15 is 0 Å². The summed E-state index contributed by atoms with van der Waals surface area (Å²) in [4.78, 5) is 41.3. The van der Waals surface area contributed by atoms with E-state index in [4.69, 9.17) is 14.3 Å². The molecule has 2 N–H and O–H groups in total. The van der Waals surface area contributed by atoms with Gasteiger partial charge in [-0.1, -0.05) is 0 Å². The zero-order valence-corrected chi connectivity index (χ0v) is 16.7. The first-order valence-corrected chi connectivity index (χ1v) is 8.69. The molecule has 27 heavy (non-hydrogen) atoms. The number of benzene rings is 1. The van der Waals surface area contributed by atoms with Crippen LogP contribution in [0.25, 0.3) is 0 Å². The number of nitrogens with zero attached hydrogens (tertiary/aromatic N) is 1. The average Bonchev–Trinajstić information content (AvgIpc) is 2.58. The van der Waals surface area contributed by atoms with Gasteiger partial charge in [-0.3, -0.25) is 4.79 Å². The van der Waals surface area contributed by atoms with Crippen LogP contribution in [0, 0.1) is 4.91 Å². The first kappa shape index (κ1) is 22.2. The van der Waals surface area contributed by atoms with Gasteiger partial charge in [-0.2, -0.15) is 0 Å². The Balaban J connectivity index is 3.25. The van der Waals surface area contributed by atoms with Crippen molar-refractivity contribution in [3.8, 4) is 5.75 Å². The molecule has 1 amide bonds. The molecule has 0 fully saturated rings. The summed E-state index contributed by atoms with van der Waals surface area (Å²) < 4.78 is 10.7. The molecule has 0 heterocycles. The van der Waals surface area contributed by atoms with Gasteiger partial charge in [0.25, 0.3) is 10.8 Å². The Kier molecular flexibility index (Phi) is 8.01. The van der Waals surface area contributed by atoms with Crippen molar-refractivity contribution in [2.45, 2.75) is 40.2 Å². The van der Waals surface area contributed by atoms with Crippen molar-refractivity contribution in [1.29, 1.82) is 0 Å². The van der Waals surface area contributed by atoms with Crippen LogP contribution in [-0.2, 0) is 14.4 Å². The molecule has 0 aliphatic rings. The zero-order chi connectivity index (χ0) is 20.6. The highest BCUT2D eigenvalue weighted by molar-refractivity contribution is 5.98. The summed E-state index contributed by atoms with van der Waals surface area (Å²) in [5, 5.41) is 5.65. The lowest BCUT2D eigenvalue weighted by molar-refractivity contribution is -0.736. The van der Waals surface area contributed by atoms with Gasteiger partial charge in [0.1, 0.15) is 17.0 Å². The standard InChI is InChI=1S/C18H27N3O6/c1-7-19-13-10-15(26-11-16(22)27-18(3,4)5)12(17(23)20-8-2)9-14(13)21(24)25-6/h9-10H,7-8,11H2,1-6H3,(H-,19,20,23,24)/p+1. The van der Waals surface area contributed by atoms with Gasteiger partial charge >= 0.3 is 11.7 Å². The number of hydrogen-bond acceptors (Lipinski definition) is 7. The monoisotopic (exact) mass is 382 g/mol. The third-order valence-electron chi connectivity index (χ3n) is 3.18. The number of nitrogens with one attached hydrogen (secondary N) is 2. The molecule has 150 valence electrons. The minimum atomic E-state index is -0.650. The minimum Gasteiger partial charge on any atom is -0.481 e. The number of carbonyl (C=O) groups is 2. The highest BCUT2D eigenvalue weighted by Crippen LogP contribution is 2.33. The highest BCUT2D eigenvalue weighted by atomic mass is 16.8. The maximum atomic E-state index is 12.4. The summed E-state index contributed by atoms with van der Waals surface area (Å²) in [6, 6.07) is 2.83. The number of anilines is 1. The Labute approximate surface area is 158 Å². The van der Waals surface area contributed by atoms with E-state index in [9.17, 15) is 14.5 Å². The molecule has 0 bridgehead atoms. The molecule has 0 saturated heterocycles. The Morgan fingerprint density at radius 2 is 1.81 bits per heavy atom. The fraction of sp³-hybridized carbons (Fsp3) is 0.556. The number of carbonyl (C=O) groups excluding carboxylic acids is 2. The average molecular weight is 382 g/mol. The number of hydrogen-bond donors (Lipinski definition) is 2. The normalized spacial score (nSPS) is 10.7. The van der Waals surface area contributed by atoms with E-state index in [1.165, 1.54) is 19.2 Å². The van der Waals surface area contributed by atoms with E-state index < -0.39 is 17.5 Å². The molecule has 0 aliphatic carbocycles. The third kappa shape index (κ3) is 6.76. The quantitative estimate of drug-likeness (QED) is 0.499. The van der Waals surface area contributed by atoms with Crippen molar-refractivity contribution >= 4 is 23.3 Å². The molecule has 0 atom stereocenters. The van der Waals surface area contributed by atoms with Gasteiger partial charge < -0.3 is 20.1 Å². The molecule has 1 aromatic carbocycles. The molecule has 1 rings (SSSR count). The molecule has 0 saturated carbocycles. The van der Waals surface area contributed by atoms with E-state index in [1.54, 1.807) is 27.7 Å². The van der Waals surface area contributed by atoms with E-state index in [2.05, 4.69) is 10.6 Å². The van der Waals surface area contributed by atoms with Gasteiger partial charge in [0.05, 0.1) is 10.5 Å². The smallest absolute Gasteiger partial charge is 0.344 e. The number of esters is 1. The maximum Gasteiger partial charge on any atom is 0.344 e. The summed E-state index contributed by atoms with van der Waals surface area (Å²) in [7, 11) is 1.22. The third-order valence-corrected chi connectivity index (χ3v) is 3.18. The first-order chi connectivity index (χ1) is 12.6. The molecular formula is C18H28N3O6+. The van der Waals surface area contributed by atoms with Crippen LogP contribution in [0.3, 0.4) is 0 Å². The van der Waals surface area contributed by atoms with Crippen LogP contribution in [0.15, 0.2) is 12.1 Å². The largest absolute Gasteiger partial charge is 0.481 e. The predicted octanol–water partition coefficient (Wildman–Crippen LogP) is 2.56. The Hall–Kier alpha value is -2.84. The number of amides is 1. The molecule has 1 aromatic rings. The summed E-state index contributed by atoms with van der Waals surface area (Å²) in [6.07, 6.45) is 0. The Bertz CT molecular complexity index is 697. The minimum absolute atomic E-state index is 0.106. The molecule has 0 spiro atoms. The van der Waals surface area contributed by atoms with Crippen molar-refractivity contribution in [2.75, 3.05) is 32.1 Å². The van der Waals surface area contributed by atoms with Gasteiger partial charge in [0, 0.05) is 25.2 Å². The summed E-state index contributed by atoms with van der Waals surface area (Å²) in [6.45, 7) is 9.40. The summed E-state index contributed by atoms with van der Waals surface area (Å²) in [5.41, 5.74) is -0.0230. The molecule has 0 unspecified atom stereocenters. The van der Waals surface area contributed by atoms with Crippen molar-refractivity contribution in [3.05, 3.63) is 22.6 Å². The maximum absolute atomic E-state index is 12.4. The Morgan fingerprint density at radius 1 is 1.15 bits per heavy atom. The lowest BCUT2D eigenvalue weighted by atomic mass is 10.1. The SMILES string of the molecule is CCNC(=O)c1cc([N+](=O)OC)c(NCC)cc1OCC(=O)OC(C)(C)C. The second-order valence-electron chi connectivity index (χ2n) is 6.57. The lowest BCUT2D eigenvalue weighted by Gasteiger charge is -2.20. The van der Waals surface area contributed by atoms with Crippen LogP contribution >= 0.6 is 0 Å². The fourth-order valence-corrected chi connectivity index (χ4v) is 2.21. The predicted molar refractivity (Wildman–Crippen MR) is 100 cm³/mol. The van der Waals surface area contributed by atoms with Crippen LogP contribution in [0.1, 0.15) is 45.0 Å². The van der Waals surface area contributed by atoms with E-state index in [0.29, 0.717) is 23.7 Å². The zero-order valence-electron chi connectivity index (χ0n) is 16.7. The Morgan fingerprint density at radius 3 is 2.33 bits per heavy atom. The van der Waals surface area contributed by atoms with Crippen molar-refractivity contribution < 1.29 is 28.8 Å². The lowest BCUT2D eigenvalue weighted by Crippen LogP contribution is -2.28. The molecule has 9 heteroatoms. The van der Waals surface area contributed by atoms with E-state index in [0.717, 1.165) is 0 Å². The second-order valence-corrected chi connectivity index (χ2v) is 6.57. The van der Waals surface area contributed by atoms with Gasteiger partial charge in [0.2, 0.25) is 0 Å². The number of ether oxygens (including phenoxy) is 2. The van der Waals surface area contributed by atoms with Gasteiger partial charge in [-0.05, 0) is 34.6 Å². The van der Waals surface area contributed by atoms with E-state index in [1.807, 2.05) is 6.92 Å².